The molecule has 1 aromatic heterocycles. The molecular weight excluding hydrogens is 262 g/mol. The zero-order valence-corrected chi connectivity index (χ0v) is 13.4. The van der Waals surface area contributed by atoms with Gasteiger partial charge in [-0.05, 0) is 30.2 Å². The van der Waals surface area contributed by atoms with Gasteiger partial charge in [-0.2, -0.15) is 0 Å². The Bertz CT molecular complexity index is 456. The molecule has 2 fully saturated rings. The summed E-state index contributed by atoms with van der Waals surface area (Å²) < 4.78 is 5.14. The van der Waals surface area contributed by atoms with Crippen molar-refractivity contribution in [1.29, 1.82) is 0 Å². The number of methoxy groups -OCH3 is 1. The maximum absolute atomic E-state index is 5.14. The Hall–Kier alpha value is -1.13. The number of pyridine rings is 1. The molecule has 21 heavy (non-hydrogen) atoms. The van der Waals surface area contributed by atoms with Crippen LogP contribution in [0.15, 0.2) is 18.3 Å². The highest BCUT2D eigenvalue weighted by Crippen LogP contribution is 2.35. The number of rotatable bonds is 5. The summed E-state index contributed by atoms with van der Waals surface area (Å²) in [5.74, 6) is 2.27. The topological polar surface area (TPSA) is 37.4 Å². The number of ether oxygens (including phenoxy) is 1. The summed E-state index contributed by atoms with van der Waals surface area (Å²) in [6.45, 7) is 7.92. The van der Waals surface area contributed by atoms with Crippen LogP contribution in [0.3, 0.4) is 0 Å². The Kier molecular flexibility index (Phi) is 4.45. The van der Waals surface area contributed by atoms with Crippen LogP contribution in [-0.4, -0.2) is 42.2 Å². The normalized spacial score (nSPS) is 27.0. The van der Waals surface area contributed by atoms with E-state index in [1.807, 2.05) is 12.3 Å². The van der Waals surface area contributed by atoms with E-state index in [9.17, 15) is 0 Å². The van der Waals surface area contributed by atoms with Gasteiger partial charge in [0.05, 0.1) is 7.11 Å². The summed E-state index contributed by atoms with van der Waals surface area (Å²) >= 11 is 0. The lowest BCUT2D eigenvalue weighted by Gasteiger charge is -2.42. The molecule has 0 radical (unpaired) electrons. The Morgan fingerprint density at radius 1 is 1.38 bits per heavy atom. The Morgan fingerprint density at radius 2 is 2.19 bits per heavy atom. The number of piperazine rings is 1. The van der Waals surface area contributed by atoms with E-state index < -0.39 is 0 Å². The summed E-state index contributed by atoms with van der Waals surface area (Å²) in [7, 11) is 1.66. The van der Waals surface area contributed by atoms with Gasteiger partial charge in [-0.1, -0.05) is 19.9 Å². The Balaban J connectivity index is 1.68. The molecule has 1 saturated carbocycles. The molecule has 0 amide bonds. The lowest BCUT2D eigenvalue weighted by Crippen LogP contribution is -2.58. The van der Waals surface area contributed by atoms with E-state index in [4.69, 9.17) is 4.74 Å². The molecule has 116 valence electrons. The first-order chi connectivity index (χ1) is 10.2. The van der Waals surface area contributed by atoms with Gasteiger partial charge < -0.3 is 10.1 Å². The molecule has 4 heteroatoms. The van der Waals surface area contributed by atoms with Gasteiger partial charge in [0.25, 0.3) is 0 Å². The zero-order valence-electron chi connectivity index (χ0n) is 13.4. The lowest BCUT2D eigenvalue weighted by atomic mass is 9.96. The number of hydrogen-bond donors (Lipinski definition) is 1. The van der Waals surface area contributed by atoms with Crippen molar-refractivity contribution >= 4 is 0 Å². The molecule has 2 atom stereocenters. The predicted octanol–water partition coefficient (Wildman–Crippen LogP) is 2.30. The summed E-state index contributed by atoms with van der Waals surface area (Å²) in [5.41, 5.74) is 1.28. The molecule has 2 unspecified atom stereocenters. The average molecular weight is 289 g/mol. The lowest BCUT2D eigenvalue weighted by molar-refractivity contribution is 0.0851. The fourth-order valence-electron chi connectivity index (χ4n) is 3.37. The molecule has 1 N–H and O–H groups in total. The second kappa shape index (κ2) is 6.32. The van der Waals surface area contributed by atoms with E-state index in [2.05, 4.69) is 35.1 Å². The smallest absolute Gasteiger partial charge is 0.212 e. The fourth-order valence-corrected chi connectivity index (χ4v) is 3.37. The molecule has 4 nitrogen and oxygen atoms in total. The maximum atomic E-state index is 5.14. The summed E-state index contributed by atoms with van der Waals surface area (Å²) in [6, 6.07) is 5.39. The molecule has 3 rings (SSSR count). The van der Waals surface area contributed by atoms with Crippen LogP contribution in [0.2, 0.25) is 0 Å². The molecule has 1 saturated heterocycles. The fraction of sp³-hybridized carbons (Fsp3) is 0.706. The minimum absolute atomic E-state index is 0.613. The van der Waals surface area contributed by atoms with Crippen LogP contribution in [0.4, 0.5) is 0 Å². The molecule has 0 aromatic carbocycles. The van der Waals surface area contributed by atoms with E-state index in [-0.39, 0.29) is 0 Å². The average Bonchev–Trinajstić information content (AvgIpc) is 3.32. The van der Waals surface area contributed by atoms with Crippen molar-refractivity contribution in [2.24, 2.45) is 11.8 Å². The highest BCUT2D eigenvalue weighted by atomic mass is 16.5. The van der Waals surface area contributed by atoms with Crippen molar-refractivity contribution in [3.63, 3.8) is 0 Å². The highest BCUT2D eigenvalue weighted by molar-refractivity contribution is 5.18. The molecule has 1 aliphatic heterocycles. The largest absolute Gasteiger partial charge is 0.481 e. The first kappa shape index (κ1) is 14.8. The van der Waals surface area contributed by atoms with Crippen LogP contribution >= 0.6 is 0 Å². The first-order valence-corrected chi connectivity index (χ1v) is 8.13. The number of nitrogens with zero attached hydrogens (tertiary/aromatic N) is 2. The first-order valence-electron chi connectivity index (χ1n) is 8.13. The van der Waals surface area contributed by atoms with Crippen LogP contribution in [-0.2, 0) is 6.54 Å². The number of hydrogen-bond acceptors (Lipinski definition) is 4. The van der Waals surface area contributed by atoms with Gasteiger partial charge in [-0.15, -0.1) is 0 Å². The van der Waals surface area contributed by atoms with Crippen LogP contribution in [0.25, 0.3) is 0 Å². The Morgan fingerprint density at radius 3 is 2.76 bits per heavy atom. The molecule has 1 aromatic rings. The summed E-state index contributed by atoms with van der Waals surface area (Å²) in [5, 5.41) is 3.77. The van der Waals surface area contributed by atoms with Crippen LogP contribution < -0.4 is 10.1 Å². The van der Waals surface area contributed by atoms with Crippen LogP contribution in [0.1, 0.15) is 32.3 Å². The van der Waals surface area contributed by atoms with Crippen LogP contribution in [0.5, 0.6) is 5.88 Å². The van der Waals surface area contributed by atoms with Crippen molar-refractivity contribution in [2.45, 2.75) is 45.3 Å². The summed E-state index contributed by atoms with van der Waals surface area (Å²) in [4.78, 5) is 6.98. The minimum Gasteiger partial charge on any atom is -0.481 e. The zero-order chi connectivity index (χ0) is 14.8. The molecule has 0 spiro atoms. The SMILES string of the molecule is COc1ccc(CN2CC(C3CC3)NCC2C(C)C)cn1. The molecule has 2 heterocycles. The van der Waals surface area contributed by atoms with E-state index >= 15 is 0 Å². The molecule has 2 aliphatic rings. The van der Waals surface area contributed by atoms with Gasteiger partial charge in [-0.25, -0.2) is 4.98 Å². The van der Waals surface area contributed by atoms with Crippen molar-refractivity contribution in [1.82, 2.24) is 15.2 Å². The minimum atomic E-state index is 0.613. The quantitative estimate of drug-likeness (QED) is 0.902. The second-order valence-electron chi connectivity index (χ2n) is 6.80. The van der Waals surface area contributed by atoms with Gasteiger partial charge in [0.15, 0.2) is 0 Å². The third-order valence-electron chi connectivity index (χ3n) is 4.84. The standard InChI is InChI=1S/C17H27N3O/c1-12(2)16-9-18-15(14-5-6-14)11-20(16)10-13-4-7-17(21-3)19-8-13/h4,7-8,12,14-16,18H,5-6,9-11H2,1-3H3. The van der Waals surface area contributed by atoms with Gasteiger partial charge in [0.1, 0.15) is 0 Å². The number of nitrogens with one attached hydrogen (secondary N) is 1. The van der Waals surface area contributed by atoms with Crippen molar-refractivity contribution in [3.05, 3.63) is 23.9 Å². The molecule has 1 aliphatic carbocycles. The maximum Gasteiger partial charge on any atom is 0.212 e. The van der Waals surface area contributed by atoms with E-state index in [1.54, 1.807) is 7.11 Å². The molecular formula is C17H27N3O. The second-order valence-corrected chi connectivity index (χ2v) is 6.80. The summed E-state index contributed by atoms with van der Waals surface area (Å²) in [6.07, 6.45) is 4.76. The Labute approximate surface area is 127 Å². The van der Waals surface area contributed by atoms with E-state index in [0.717, 1.165) is 19.0 Å². The number of aromatic nitrogens is 1. The van der Waals surface area contributed by atoms with E-state index in [1.165, 1.54) is 24.9 Å². The van der Waals surface area contributed by atoms with Crippen molar-refractivity contribution in [2.75, 3.05) is 20.2 Å². The van der Waals surface area contributed by atoms with Gasteiger partial charge >= 0.3 is 0 Å². The highest BCUT2D eigenvalue weighted by Gasteiger charge is 2.37. The van der Waals surface area contributed by atoms with Crippen LogP contribution in [0, 0.1) is 11.8 Å². The van der Waals surface area contributed by atoms with Gasteiger partial charge in [0.2, 0.25) is 5.88 Å². The van der Waals surface area contributed by atoms with Gasteiger partial charge in [0, 0.05) is 44.0 Å². The van der Waals surface area contributed by atoms with Gasteiger partial charge in [-0.3, -0.25) is 4.90 Å². The third-order valence-corrected chi connectivity index (χ3v) is 4.84. The predicted molar refractivity (Wildman–Crippen MR) is 84.3 cm³/mol. The monoisotopic (exact) mass is 289 g/mol. The van der Waals surface area contributed by atoms with E-state index in [0.29, 0.717) is 23.9 Å². The van der Waals surface area contributed by atoms with Crippen molar-refractivity contribution < 1.29 is 4.74 Å². The van der Waals surface area contributed by atoms with Crippen molar-refractivity contribution in [3.8, 4) is 5.88 Å². The third kappa shape index (κ3) is 3.55. The molecule has 0 bridgehead atoms.